The highest BCUT2D eigenvalue weighted by molar-refractivity contribution is 7.07. The Hall–Kier alpha value is -2.15. The molecule has 0 atom stereocenters. The Morgan fingerprint density at radius 1 is 1.33 bits per heavy atom. The highest BCUT2D eigenvalue weighted by Crippen LogP contribution is 2.32. The molecule has 21 heavy (non-hydrogen) atoms. The zero-order valence-electron chi connectivity index (χ0n) is 12.2. The minimum atomic E-state index is -1.08. The molecular formula is C14H16N2O4S. The number of carboxylic acid groups (broad SMARTS) is 1. The summed E-state index contributed by atoms with van der Waals surface area (Å²) < 4.78 is 14.9. The van der Waals surface area contributed by atoms with Crippen molar-refractivity contribution >= 4 is 17.5 Å². The average molecular weight is 308 g/mol. The first-order chi connectivity index (χ1) is 9.81. The zero-order valence-corrected chi connectivity index (χ0v) is 13.0. The van der Waals surface area contributed by atoms with E-state index in [0.717, 1.165) is 11.5 Å². The van der Waals surface area contributed by atoms with E-state index in [0.29, 0.717) is 16.8 Å². The van der Waals surface area contributed by atoms with Gasteiger partial charge in [-0.25, -0.2) is 4.79 Å². The fraction of sp³-hybridized carbons (Fsp3) is 0.357. The summed E-state index contributed by atoms with van der Waals surface area (Å²) in [6.45, 7) is 5.98. The number of rotatable bonds is 4. The van der Waals surface area contributed by atoms with E-state index in [1.54, 1.807) is 6.07 Å². The van der Waals surface area contributed by atoms with Gasteiger partial charge in [-0.1, -0.05) is 20.8 Å². The number of carbonyl (C=O) groups is 1. The quantitative estimate of drug-likeness (QED) is 0.933. The molecule has 0 fully saturated rings. The maximum Gasteiger partial charge on any atom is 0.339 e. The van der Waals surface area contributed by atoms with Crippen LogP contribution in [0.25, 0.3) is 0 Å². The molecule has 6 nitrogen and oxygen atoms in total. The minimum absolute atomic E-state index is 0.0447. The summed E-state index contributed by atoms with van der Waals surface area (Å²) in [6, 6.07) is 4.51. The van der Waals surface area contributed by atoms with Crippen LogP contribution in [0, 0.1) is 0 Å². The van der Waals surface area contributed by atoms with Crippen molar-refractivity contribution in [1.29, 1.82) is 0 Å². The molecule has 1 N–H and O–H groups in total. The largest absolute Gasteiger partial charge is 0.497 e. The molecule has 0 saturated carbocycles. The molecule has 0 bridgehead atoms. The van der Waals surface area contributed by atoms with Crippen LogP contribution in [0.1, 0.15) is 37.0 Å². The molecular weight excluding hydrogens is 292 g/mol. The van der Waals surface area contributed by atoms with Crippen LogP contribution in [0.5, 0.6) is 16.7 Å². The van der Waals surface area contributed by atoms with E-state index < -0.39 is 5.97 Å². The molecule has 2 aromatic rings. The molecule has 1 aromatic heterocycles. The van der Waals surface area contributed by atoms with Crippen LogP contribution >= 0.6 is 11.5 Å². The molecule has 112 valence electrons. The fourth-order valence-corrected chi connectivity index (χ4v) is 2.27. The van der Waals surface area contributed by atoms with Gasteiger partial charge in [-0.2, -0.15) is 9.36 Å². The van der Waals surface area contributed by atoms with Gasteiger partial charge in [-0.3, -0.25) is 0 Å². The third kappa shape index (κ3) is 3.49. The Kier molecular flexibility index (Phi) is 4.13. The monoisotopic (exact) mass is 308 g/mol. The van der Waals surface area contributed by atoms with E-state index in [9.17, 15) is 9.90 Å². The summed E-state index contributed by atoms with van der Waals surface area (Å²) in [4.78, 5) is 15.5. The number of carboxylic acids is 1. The summed E-state index contributed by atoms with van der Waals surface area (Å²) >= 11 is 1.09. The van der Waals surface area contributed by atoms with Crippen molar-refractivity contribution in [3.8, 4) is 16.7 Å². The lowest BCUT2D eigenvalue weighted by atomic mass is 9.96. The lowest BCUT2D eigenvalue weighted by molar-refractivity contribution is 0.0694. The molecule has 1 heterocycles. The third-order valence-corrected chi connectivity index (χ3v) is 3.29. The van der Waals surface area contributed by atoms with Gasteiger partial charge in [0.25, 0.3) is 5.19 Å². The fourth-order valence-electron chi connectivity index (χ4n) is 1.54. The Labute approximate surface area is 126 Å². The van der Waals surface area contributed by atoms with Gasteiger partial charge in [0.05, 0.1) is 7.11 Å². The van der Waals surface area contributed by atoms with Crippen LogP contribution in [0.4, 0.5) is 0 Å². The number of hydrogen-bond donors (Lipinski definition) is 1. The van der Waals surface area contributed by atoms with Gasteiger partial charge >= 0.3 is 5.97 Å². The van der Waals surface area contributed by atoms with Gasteiger partial charge in [0.2, 0.25) is 0 Å². The first kappa shape index (κ1) is 15.2. The van der Waals surface area contributed by atoms with Crippen LogP contribution in [-0.2, 0) is 5.41 Å². The summed E-state index contributed by atoms with van der Waals surface area (Å²) in [5, 5.41) is 9.49. The van der Waals surface area contributed by atoms with E-state index in [1.165, 1.54) is 19.2 Å². The van der Waals surface area contributed by atoms with Crippen LogP contribution in [0.3, 0.4) is 0 Å². The zero-order chi connectivity index (χ0) is 15.6. The lowest BCUT2D eigenvalue weighted by Gasteiger charge is -2.12. The van der Waals surface area contributed by atoms with Crippen molar-refractivity contribution in [2.75, 3.05) is 7.11 Å². The predicted molar refractivity (Wildman–Crippen MR) is 78.6 cm³/mol. The SMILES string of the molecule is COc1ccc(C(=O)O)c(Oc2nc(C(C)(C)C)ns2)c1. The van der Waals surface area contributed by atoms with E-state index >= 15 is 0 Å². The Morgan fingerprint density at radius 3 is 2.57 bits per heavy atom. The first-order valence-corrected chi connectivity index (χ1v) is 7.02. The Morgan fingerprint density at radius 2 is 2.05 bits per heavy atom. The highest BCUT2D eigenvalue weighted by atomic mass is 32.1. The molecule has 2 rings (SSSR count). The lowest BCUT2D eigenvalue weighted by Crippen LogP contribution is -2.13. The van der Waals surface area contributed by atoms with Crippen LogP contribution in [-0.4, -0.2) is 27.5 Å². The van der Waals surface area contributed by atoms with Crippen LogP contribution < -0.4 is 9.47 Å². The van der Waals surface area contributed by atoms with Gasteiger partial charge in [0.15, 0.2) is 5.82 Å². The molecule has 0 aliphatic carbocycles. The number of benzene rings is 1. The summed E-state index contributed by atoms with van der Waals surface area (Å²) in [6.07, 6.45) is 0. The van der Waals surface area contributed by atoms with Gasteiger partial charge in [-0.05, 0) is 12.1 Å². The second-order valence-corrected chi connectivity index (χ2v) is 6.12. The summed E-state index contributed by atoms with van der Waals surface area (Å²) in [5.74, 6) is 0.268. The van der Waals surface area contributed by atoms with Gasteiger partial charge < -0.3 is 14.6 Å². The molecule has 0 radical (unpaired) electrons. The number of methoxy groups -OCH3 is 1. The number of nitrogens with zero attached hydrogens (tertiary/aromatic N) is 2. The standard InChI is InChI=1S/C14H16N2O4S/c1-14(2,3)12-15-13(21-16-12)20-10-7-8(19-4)5-6-9(10)11(17)18/h5-7H,1-4H3,(H,17,18). The predicted octanol–water partition coefficient (Wildman–Crippen LogP) is 3.33. The van der Waals surface area contributed by atoms with Gasteiger partial charge in [0.1, 0.15) is 17.1 Å². The molecule has 0 unspecified atom stereocenters. The topological polar surface area (TPSA) is 81.5 Å². The maximum atomic E-state index is 11.2. The molecule has 0 aliphatic heterocycles. The molecule has 0 saturated heterocycles. The van der Waals surface area contributed by atoms with E-state index in [1.807, 2.05) is 20.8 Å². The Bertz CT molecular complexity index is 661. The summed E-state index contributed by atoms with van der Waals surface area (Å²) in [5.41, 5.74) is -0.148. The van der Waals surface area contributed by atoms with Gasteiger partial charge in [0, 0.05) is 23.0 Å². The number of aromatic carboxylic acids is 1. The van der Waals surface area contributed by atoms with Crippen LogP contribution in [0.2, 0.25) is 0 Å². The third-order valence-electron chi connectivity index (χ3n) is 2.69. The smallest absolute Gasteiger partial charge is 0.339 e. The first-order valence-electron chi connectivity index (χ1n) is 6.24. The van der Waals surface area contributed by atoms with Crippen molar-refractivity contribution in [1.82, 2.24) is 9.36 Å². The van der Waals surface area contributed by atoms with Crippen molar-refractivity contribution in [2.45, 2.75) is 26.2 Å². The van der Waals surface area contributed by atoms with Gasteiger partial charge in [-0.15, -0.1) is 0 Å². The minimum Gasteiger partial charge on any atom is -0.497 e. The number of aromatic nitrogens is 2. The average Bonchev–Trinajstić information content (AvgIpc) is 2.86. The Balaban J connectivity index is 2.34. The number of hydrogen-bond acceptors (Lipinski definition) is 6. The van der Waals surface area contributed by atoms with E-state index in [2.05, 4.69) is 9.36 Å². The van der Waals surface area contributed by atoms with E-state index in [4.69, 9.17) is 9.47 Å². The second kappa shape index (κ2) is 5.69. The molecule has 0 spiro atoms. The van der Waals surface area contributed by atoms with Crippen LogP contribution in [0.15, 0.2) is 18.2 Å². The van der Waals surface area contributed by atoms with Crippen molar-refractivity contribution < 1.29 is 19.4 Å². The van der Waals surface area contributed by atoms with E-state index in [-0.39, 0.29) is 16.7 Å². The second-order valence-electron chi connectivity index (χ2n) is 5.40. The van der Waals surface area contributed by atoms with Crippen molar-refractivity contribution in [3.63, 3.8) is 0 Å². The maximum absolute atomic E-state index is 11.2. The van der Waals surface area contributed by atoms with Crippen molar-refractivity contribution in [2.24, 2.45) is 0 Å². The van der Waals surface area contributed by atoms with Crippen molar-refractivity contribution in [3.05, 3.63) is 29.6 Å². The molecule has 0 amide bonds. The summed E-state index contributed by atoms with van der Waals surface area (Å²) in [7, 11) is 1.50. The molecule has 0 aliphatic rings. The molecule has 1 aromatic carbocycles. The molecule has 7 heteroatoms. The highest BCUT2D eigenvalue weighted by Gasteiger charge is 2.21. The normalized spacial score (nSPS) is 11.2. The number of ether oxygens (including phenoxy) is 2.